The van der Waals surface area contributed by atoms with Gasteiger partial charge >= 0.3 is 0 Å². The van der Waals surface area contributed by atoms with E-state index in [1.54, 1.807) is 18.0 Å². The quantitative estimate of drug-likeness (QED) is 0.732. The first-order valence-corrected chi connectivity index (χ1v) is 7.21. The second-order valence-corrected chi connectivity index (χ2v) is 5.04. The molecule has 1 rings (SSSR count). The Morgan fingerprint density at radius 2 is 2.28 bits per heavy atom. The van der Waals surface area contributed by atoms with Gasteiger partial charge in [-0.1, -0.05) is 19.4 Å². The first-order valence-electron chi connectivity index (χ1n) is 5.99. The van der Waals surface area contributed by atoms with Gasteiger partial charge in [-0.25, -0.2) is 0 Å². The van der Waals surface area contributed by atoms with E-state index in [0.717, 1.165) is 35.5 Å². The van der Waals surface area contributed by atoms with E-state index in [0.29, 0.717) is 0 Å². The van der Waals surface area contributed by atoms with Crippen molar-refractivity contribution in [2.24, 2.45) is 0 Å². The van der Waals surface area contributed by atoms with Crippen molar-refractivity contribution >= 4 is 16.7 Å². The molecule has 0 N–H and O–H groups in total. The zero-order valence-electron chi connectivity index (χ0n) is 11.4. The van der Waals surface area contributed by atoms with Gasteiger partial charge in [0.05, 0.1) is 5.56 Å². The smallest absolute Gasteiger partial charge is 0.0512 e. The van der Waals surface area contributed by atoms with Crippen molar-refractivity contribution in [3.8, 4) is 12.3 Å². The van der Waals surface area contributed by atoms with Crippen molar-refractivity contribution < 1.29 is 0 Å². The number of terminal acetylenes is 1. The van der Waals surface area contributed by atoms with E-state index in [2.05, 4.69) is 36.4 Å². The van der Waals surface area contributed by atoms with E-state index in [4.69, 9.17) is 6.42 Å². The molecule has 1 heterocycles. The summed E-state index contributed by atoms with van der Waals surface area (Å²) in [5.41, 5.74) is 3.11. The minimum absolute atomic E-state index is 0.839. The maximum Gasteiger partial charge on any atom is 0.0512 e. The third-order valence-corrected chi connectivity index (χ3v) is 3.70. The van der Waals surface area contributed by atoms with Gasteiger partial charge in [0.1, 0.15) is 0 Å². The summed E-state index contributed by atoms with van der Waals surface area (Å²) in [4.78, 5) is 7.51. The standard InChI is InChI=1S/C15H20N2S/c1-6-13-10-16-11-14(8-9-17(4)7-2)15(13)12(3)18-5/h1,10-11H,3,7-9H2,2,4-5H3. The van der Waals surface area contributed by atoms with Gasteiger partial charge in [-0.2, -0.15) is 0 Å². The van der Waals surface area contributed by atoms with Crippen LogP contribution in [-0.2, 0) is 6.42 Å². The fourth-order valence-electron chi connectivity index (χ4n) is 1.70. The first-order chi connectivity index (χ1) is 8.63. The monoisotopic (exact) mass is 260 g/mol. The van der Waals surface area contributed by atoms with E-state index >= 15 is 0 Å². The second-order valence-electron chi connectivity index (χ2n) is 4.14. The predicted molar refractivity (Wildman–Crippen MR) is 81.6 cm³/mol. The lowest BCUT2D eigenvalue weighted by Crippen LogP contribution is -2.21. The molecule has 2 nitrogen and oxygen atoms in total. The third kappa shape index (κ3) is 3.63. The highest BCUT2D eigenvalue weighted by atomic mass is 32.2. The number of aromatic nitrogens is 1. The summed E-state index contributed by atoms with van der Waals surface area (Å²) in [6, 6.07) is 0. The zero-order valence-corrected chi connectivity index (χ0v) is 12.2. The van der Waals surface area contributed by atoms with E-state index in [-0.39, 0.29) is 0 Å². The highest BCUT2D eigenvalue weighted by Crippen LogP contribution is 2.28. The lowest BCUT2D eigenvalue weighted by Gasteiger charge is -2.16. The van der Waals surface area contributed by atoms with Crippen molar-refractivity contribution in [2.45, 2.75) is 13.3 Å². The summed E-state index contributed by atoms with van der Waals surface area (Å²) in [7, 11) is 2.11. The van der Waals surface area contributed by atoms with Crippen molar-refractivity contribution in [3.05, 3.63) is 35.7 Å². The van der Waals surface area contributed by atoms with Crippen LogP contribution < -0.4 is 0 Å². The molecule has 96 valence electrons. The number of nitrogens with zero attached hydrogens (tertiary/aromatic N) is 2. The number of pyridine rings is 1. The SMILES string of the molecule is C#Cc1cncc(CCN(C)CC)c1C(=C)SC. The third-order valence-electron chi connectivity index (χ3n) is 3.01. The van der Waals surface area contributed by atoms with Crippen LogP contribution in [0.1, 0.15) is 23.6 Å². The van der Waals surface area contributed by atoms with Gasteiger partial charge in [0.25, 0.3) is 0 Å². The highest BCUT2D eigenvalue weighted by Gasteiger charge is 2.11. The van der Waals surface area contributed by atoms with Crippen LogP contribution in [0.3, 0.4) is 0 Å². The highest BCUT2D eigenvalue weighted by molar-refractivity contribution is 8.07. The van der Waals surface area contributed by atoms with Crippen molar-refractivity contribution in [3.63, 3.8) is 0 Å². The molecule has 18 heavy (non-hydrogen) atoms. The fraction of sp³-hybridized carbons (Fsp3) is 0.400. The summed E-state index contributed by atoms with van der Waals surface area (Å²) in [5.74, 6) is 2.70. The number of hydrogen-bond donors (Lipinski definition) is 0. The Bertz CT molecular complexity index is 460. The van der Waals surface area contributed by atoms with Crippen LogP contribution >= 0.6 is 11.8 Å². The second kappa shape index (κ2) is 7.25. The van der Waals surface area contributed by atoms with Crippen molar-refractivity contribution in [1.29, 1.82) is 0 Å². The molecule has 0 saturated heterocycles. The summed E-state index contributed by atoms with van der Waals surface area (Å²) in [6.45, 7) is 8.28. The zero-order chi connectivity index (χ0) is 13.5. The number of likely N-dealkylation sites (N-methyl/N-ethyl adjacent to an activating group) is 1. The van der Waals surface area contributed by atoms with Crippen LogP contribution in [0.25, 0.3) is 4.91 Å². The Morgan fingerprint density at radius 1 is 1.56 bits per heavy atom. The molecule has 0 fully saturated rings. The van der Waals surface area contributed by atoms with Gasteiger partial charge in [0.15, 0.2) is 0 Å². The molecule has 0 radical (unpaired) electrons. The Morgan fingerprint density at radius 3 is 2.83 bits per heavy atom. The molecule has 0 aliphatic rings. The Balaban J connectivity index is 3.04. The largest absolute Gasteiger partial charge is 0.306 e. The van der Waals surface area contributed by atoms with Crippen molar-refractivity contribution in [2.75, 3.05) is 26.4 Å². The molecule has 0 aliphatic carbocycles. The van der Waals surface area contributed by atoms with E-state index < -0.39 is 0 Å². The summed E-state index contributed by atoms with van der Waals surface area (Å²) < 4.78 is 0. The van der Waals surface area contributed by atoms with Crippen LogP contribution in [0.4, 0.5) is 0 Å². The minimum Gasteiger partial charge on any atom is -0.306 e. The maximum atomic E-state index is 5.54. The minimum atomic E-state index is 0.839. The molecule has 0 atom stereocenters. The molecule has 0 aromatic carbocycles. The fourth-order valence-corrected chi connectivity index (χ4v) is 2.15. The van der Waals surface area contributed by atoms with Gasteiger partial charge in [0, 0.05) is 29.4 Å². The molecule has 0 amide bonds. The molecular weight excluding hydrogens is 240 g/mol. The number of hydrogen-bond acceptors (Lipinski definition) is 3. The van der Waals surface area contributed by atoms with Gasteiger partial charge in [-0.05, 0) is 31.8 Å². The van der Waals surface area contributed by atoms with Gasteiger partial charge in [-0.3, -0.25) is 4.98 Å². The number of thioether (sulfide) groups is 1. The van der Waals surface area contributed by atoms with E-state index in [1.165, 1.54) is 5.56 Å². The molecular formula is C15H20N2S. The molecule has 0 bridgehead atoms. The molecule has 1 aromatic heterocycles. The molecule has 3 heteroatoms. The van der Waals surface area contributed by atoms with Gasteiger partial charge in [-0.15, -0.1) is 18.2 Å². The molecule has 0 aliphatic heterocycles. The van der Waals surface area contributed by atoms with Crippen LogP contribution in [0, 0.1) is 12.3 Å². The van der Waals surface area contributed by atoms with Crippen LogP contribution in [0.15, 0.2) is 19.0 Å². The Labute approximate surface area is 114 Å². The van der Waals surface area contributed by atoms with Crippen LogP contribution in [-0.4, -0.2) is 36.3 Å². The predicted octanol–water partition coefficient (Wildman–Crippen LogP) is 2.89. The molecule has 0 spiro atoms. The maximum absolute atomic E-state index is 5.54. The molecule has 0 saturated carbocycles. The summed E-state index contributed by atoms with van der Waals surface area (Å²) >= 11 is 1.63. The van der Waals surface area contributed by atoms with Crippen LogP contribution in [0.2, 0.25) is 0 Å². The summed E-state index contributed by atoms with van der Waals surface area (Å²) in [5, 5.41) is 0. The number of rotatable bonds is 6. The summed E-state index contributed by atoms with van der Waals surface area (Å²) in [6.07, 6.45) is 12.2. The van der Waals surface area contributed by atoms with Gasteiger partial charge in [0.2, 0.25) is 0 Å². The topological polar surface area (TPSA) is 16.1 Å². The molecule has 0 unspecified atom stereocenters. The molecule has 1 aromatic rings. The van der Waals surface area contributed by atoms with Crippen molar-refractivity contribution in [1.82, 2.24) is 9.88 Å². The lowest BCUT2D eigenvalue weighted by atomic mass is 10.0. The first kappa shape index (κ1) is 14.8. The lowest BCUT2D eigenvalue weighted by molar-refractivity contribution is 0.357. The van der Waals surface area contributed by atoms with E-state index in [9.17, 15) is 0 Å². The normalized spacial score (nSPS) is 10.4. The van der Waals surface area contributed by atoms with E-state index in [1.807, 2.05) is 12.5 Å². The van der Waals surface area contributed by atoms with Crippen LogP contribution in [0.5, 0.6) is 0 Å². The Kier molecular flexibility index (Phi) is 5.97. The van der Waals surface area contributed by atoms with Gasteiger partial charge < -0.3 is 4.90 Å². The Hall–Kier alpha value is -1.24. The average Bonchev–Trinajstić information content (AvgIpc) is 2.43. The average molecular weight is 260 g/mol.